The van der Waals surface area contributed by atoms with Crippen molar-refractivity contribution in [1.82, 2.24) is 10.2 Å². The molecule has 0 unspecified atom stereocenters. The van der Waals surface area contributed by atoms with E-state index in [0.29, 0.717) is 16.3 Å². The minimum absolute atomic E-state index is 0.0308. The average molecular weight is 737 g/mol. The van der Waals surface area contributed by atoms with E-state index in [9.17, 15) is 18.0 Å². The fourth-order valence-electron chi connectivity index (χ4n) is 5.98. The van der Waals surface area contributed by atoms with Gasteiger partial charge in [0.15, 0.2) is 0 Å². The van der Waals surface area contributed by atoms with Gasteiger partial charge in [0.05, 0.1) is 10.6 Å². The van der Waals surface area contributed by atoms with Crippen LogP contribution in [0.25, 0.3) is 0 Å². The van der Waals surface area contributed by atoms with E-state index in [1.54, 1.807) is 43.3 Å². The lowest BCUT2D eigenvalue weighted by atomic mass is 9.94. The number of rotatable bonds is 12. The molecule has 4 aromatic carbocycles. The van der Waals surface area contributed by atoms with Crippen LogP contribution in [0.1, 0.15) is 48.8 Å². The third-order valence-electron chi connectivity index (χ3n) is 8.61. The Morgan fingerprint density at radius 2 is 1.49 bits per heavy atom. The summed E-state index contributed by atoms with van der Waals surface area (Å²) in [5.41, 5.74) is 2.52. The maximum absolute atomic E-state index is 14.7. The molecule has 1 aliphatic carbocycles. The molecule has 0 heterocycles. The van der Waals surface area contributed by atoms with Crippen molar-refractivity contribution in [3.8, 4) is 0 Å². The molecule has 246 valence electrons. The van der Waals surface area contributed by atoms with Crippen molar-refractivity contribution in [1.29, 1.82) is 0 Å². The van der Waals surface area contributed by atoms with Gasteiger partial charge in [-0.1, -0.05) is 114 Å². The minimum Gasteiger partial charge on any atom is -0.352 e. The second-order valence-electron chi connectivity index (χ2n) is 11.9. The number of carbonyl (C=O) groups is 2. The van der Waals surface area contributed by atoms with Crippen molar-refractivity contribution >= 4 is 55.1 Å². The lowest BCUT2D eigenvalue weighted by Gasteiger charge is -2.35. The Morgan fingerprint density at radius 3 is 2.15 bits per heavy atom. The van der Waals surface area contributed by atoms with E-state index < -0.39 is 28.5 Å². The third kappa shape index (κ3) is 8.83. The zero-order valence-electron chi connectivity index (χ0n) is 26.3. The molecule has 1 atom stereocenters. The SMILES string of the molecule is Cc1c(Cl)cccc1N(CC(=O)N(Cc1ccc(Br)cc1)[C@@H](Cc1ccccc1)C(=O)NC1CCCCC1)S(=O)(=O)c1ccccc1. The summed E-state index contributed by atoms with van der Waals surface area (Å²) >= 11 is 9.95. The zero-order valence-corrected chi connectivity index (χ0v) is 29.5. The second-order valence-corrected chi connectivity index (χ2v) is 15.1. The van der Waals surface area contributed by atoms with Gasteiger partial charge in [-0.05, 0) is 72.9 Å². The normalized spacial score (nSPS) is 14.3. The summed E-state index contributed by atoms with van der Waals surface area (Å²) in [6.07, 6.45) is 5.28. The lowest BCUT2D eigenvalue weighted by Crippen LogP contribution is -2.55. The highest BCUT2D eigenvalue weighted by molar-refractivity contribution is 9.10. The van der Waals surface area contributed by atoms with Crippen LogP contribution in [0, 0.1) is 6.92 Å². The number of anilines is 1. The Bertz CT molecular complexity index is 1770. The summed E-state index contributed by atoms with van der Waals surface area (Å²) in [5, 5.41) is 3.62. The number of nitrogens with zero attached hydrogens (tertiary/aromatic N) is 2. The van der Waals surface area contributed by atoms with Crippen molar-refractivity contribution in [2.45, 2.75) is 69.0 Å². The smallest absolute Gasteiger partial charge is 0.264 e. The summed E-state index contributed by atoms with van der Waals surface area (Å²) in [4.78, 5) is 30.5. The number of nitrogens with one attached hydrogen (secondary N) is 1. The van der Waals surface area contributed by atoms with Crippen LogP contribution in [-0.2, 0) is 32.6 Å². The van der Waals surface area contributed by atoms with Gasteiger partial charge in [-0.15, -0.1) is 0 Å². The van der Waals surface area contributed by atoms with E-state index in [0.717, 1.165) is 52.0 Å². The van der Waals surface area contributed by atoms with E-state index in [2.05, 4.69) is 21.2 Å². The molecule has 1 N–H and O–H groups in total. The highest BCUT2D eigenvalue weighted by Gasteiger charge is 2.36. The molecule has 0 aliphatic heterocycles. The molecule has 47 heavy (non-hydrogen) atoms. The monoisotopic (exact) mass is 735 g/mol. The van der Waals surface area contributed by atoms with E-state index in [1.807, 2.05) is 54.6 Å². The van der Waals surface area contributed by atoms with Crippen LogP contribution in [0.2, 0.25) is 5.02 Å². The molecule has 1 aliphatic rings. The first kappa shape index (κ1) is 34.7. The summed E-state index contributed by atoms with van der Waals surface area (Å²) in [6, 6.07) is 29.3. The molecular formula is C37H39BrClN3O4S. The van der Waals surface area contributed by atoms with Gasteiger partial charge in [0, 0.05) is 28.5 Å². The van der Waals surface area contributed by atoms with Crippen LogP contribution in [0.3, 0.4) is 0 Å². The van der Waals surface area contributed by atoms with Crippen molar-refractivity contribution < 1.29 is 18.0 Å². The number of hydrogen-bond donors (Lipinski definition) is 1. The van der Waals surface area contributed by atoms with Gasteiger partial charge in [-0.3, -0.25) is 13.9 Å². The fourth-order valence-corrected chi connectivity index (χ4v) is 7.91. The lowest BCUT2D eigenvalue weighted by molar-refractivity contribution is -0.140. The Kier molecular flexibility index (Phi) is 11.8. The predicted octanol–water partition coefficient (Wildman–Crippen LogP) is 7.70. The second kappa shape index (κ2) is 16.0. The number of amides is 2. The Labute approximate surface area is 291 Å². The Hall–Kier alpha value is -3.66. The first-order valence-electron chi connectivity index (χ1n) is 15.8. The third-order valence-corrected chi connectivity index (χ3v) is 11.3. The van der Waals surface area contributed by atoms with Crippen LogP contribution in [-0.4, -0.2) is 43.8 Å². The van der Waals surface area contributed by atoms with Crippen molar-refractivity contribution in [3.63, 3.8) is 0 Å². The molecule has 0 bridgehead atoms. The fraction of sp³-hybridized carbons (Fsp3) is 0.297. The van der Waals surface area contributed by atoms with Gasteiger partial charge in [-0.2, -0.15) is 0 Å². The molecule has 4 aromatic rings. The summed E-state index contributed by atoms with van der Waals surface area (Å²) < 4.78 is 30.5. The highest BCUT2D eigenvalue weighted by atomic mass is 79.9. The molecule has 0 aromatic heterocycles. The van der Waals surface area contributed by atoms with E-state index in [-0.39, 0.29) is 29.8 Å². The van der Waals surface area contributed by atoms with Crippen molar-refractivity contribution in [2.75, 3.05) is 10.8 Å². The maximum Gasteiger partial charge on any atom is 0.264 e. The van der Waals surface area contributed by atoms with Crippen LogP contribution in [0.15, 0.2) is 112 Å². The molecule has 0 saturated heterocycles. The van der Waals surface area contributed by atoms with Crippen LogP contribution in [0.4, 0.5) is 5.69 Å². The molecule has 5 rings (SSSR count). The van der Waals surface area contributed by atoms with E-state index in [1.165, 1.54) is 17.0 Å². The Morgan fingerprint density at radius 1 is 0.851 bits per heavy atom. The predicted molar refractivity (Wildman–Crippen MR) is 191 cm³/mol. The van der Waals surface area contributed by atoms with Gasteiger partial charge in [0.2, 0.25) is 11.8 Å². The van der Waals surface area contributed by atoms with Gasteiger partial charge in [0.25, 0.3) is 10.0 Å². The largest absolute Gasteiger partial charge is 0.352 e. The summed E-state index contributed by atoms with van der Waals surface area (Å²) in [6.45, 7) is 1.30. The van der Waals surface area contributed by atoms with E-state index in [4.69, 9.17) is 11.6 Å². The maximum atomic E-state index is 14.7. The Balaban J connectivity index is 1.58. The first-order chi connectivity index (χ1) is 22.6. The van der Waals surface area contributed by atoms with Crippen molar-refractivity contribution in [2.24, 2.45) is 0 Å². The standard InChI is InChI=1S/C37H39BrClN3O4S/c1-27-33(39)18-11-19-34(27)42(47(45,46)32-16-9-4-10-17-32)26-36(43)41(25-29-20-22-30(38)23-21-29)35(24-28-12-5-2-6-13-28)37(44)40-31-14-7-3-8-15-31/h2,4-6,9-13,16-23,31,35H,3,7-8,14-15,24-26H2,1H3,(H,40,44)/t35-/m0/s1. The molecular weight excluding hydrogens is 698 g/mol. The summed E-state index contributed by atoms with van der Waals surface area (Å²) in [7, 11) is -4.21. The van der Waals surface area contributed by atoms with Gasteiger partial charge in [-0.25, -0.2) is 8.42 Å². The molecule has 0 radical (unpaired) electrons. The van der Waals surface area contributed by atoms with Crippen LogP contribution in [0.5, 0.6) is 0 Å². The van der Waals surface area contributed by atoms with Crippen LogP contribution >= 0.6 is 27.5 Å². The van der Waals surface area contributed by atoms with Crippen molar-refractivity contribution in [3.05, 3.63) is 129 Å². The average Bonchev–Trinajstić information content (AvgIpc) is 3.08. The van der Waals surface area contributed by atoms with Gasteiger partial charge < -0.3 is 10.2 Å². The molecule has 10 heteroatoms. The molecule has 2 amide bonds. The van der Waals surface area contributed by atoms with Gasteiger partial charge in [0.1, 0.15) is 12.6 Å². The number of benzene rings is 4. The number of halogens is 2. The zero-order chi connectivity index (χ0) is 33.4. The van der Waals surface area contributed by atoms with Crippen LogP contribution < -0.4 is 9.62 Å². The molecule has 0 spiro atoms. The number of hydrogen-bond acceptors (Lipinski definition) is 4. The molecule has 1 fully saturated rings. The number of sulfonamides is 1. The number of carbonyl (C=O) groups excluding carboxylic acids is 2. The first-order valence-corrected chi connectivity index (χ1v) is 18.5. The highest BCUT2D eigenvalue weighted by Crippen LogP contribution is 2.31. The summed E-state index contributed by atoms with van der Waals surface area (Å²) in [5.74, 6) is -0.755. The molecule has 7 nitrogen and oxygen atoms in total. The van der Waals surface area contributed by atoms with Gasteiger partial charge >= 0.3 is 0 Å². The minimum atomic E-state index is -4.21. The molecule has 1 saturated carbocycles. The van der Waals surface area contributed by atoms with E-state index >= 15 is 0 Å². The quantitative estimate of drug-likeness (QED) is 0.162. The topological polar surface area (TPSA) is 86.8 Å².